The Morgan fingerprint density at radius 2 is 1.64 bits per heavy atom. The van der Waals surface area contributed by atoms with Crippen molar-refractivity contribution in [3.63, 3.8) is 0 Å². The molecular weight excluding hydrogens is 326 g/mol. The molecule has 120 valence electrons. The van der Waals surface area contributed by atoms with Crippen LogP contribution in [0.5, 0.6) is 5.75 Å². The maximum absolute atomic E-state index is 5.47. The van der Waals surface area contributed by atoms with E-state index in [4.69, 9.17) is 9.72 Å². The van der Waals surface area contributed by atoms with E-state index in [9.17, 15) is 0 Å². The van der Waals surface area contributed by atoms with Crippen molar-refractivity contribution in [1.29, 1.82) is 0 Å². The summed E-state index contributed by atoms with van der Waals surface area (Å²) in [6.07, 6.45) is 0. The van der Waals surface area contributed by atoms with Crippen molar-refractivity contribution in [3.8, 4) is 27.4 Å². The Kier molecular flexibility index (Phi) is 3.22. The largest absolute Gasteiger partial charge is 0.497 e. The Labute approximate surface area is 149 Å². The number of methoxy groups -OCH3 is 1. The fourth-order valence-corrected chi connectivity index (χ4v) is 4.56. The molecule has 2 nitrogen and oxygen atoms in total. The van der Waals surface area contributed by atoms with E-state index in [1.165, 1.54) is 31.5 Å². The molecule has 0 unspecified atom stereocenters. The first kappa shape index (κ1) is 14.4. The number of hydrogen-bond acceptors (Lipinski definition) is 3. The summed E-state index contributed by atoms with van der Waals surface area (Å²) in [5.74, 6) is 0.870. The van der Waals surface area contributed by atoms with Gasteiger partial charge in [-0.1, -0.05) is 42.5 Å². The summed E-state index contributed by atoms with van der Waals surface area (Å²) in [4.78, 5) is 6.21. The van der Waals surface area contributed by atoms with Gasteiger partial charge in [-0.25, -0.2) is 4.98 Å². The van der Waals surface area contributed by atoms with Crippen molar-refractivity contribution in [1.82, 2.24) is 4.98 Å². The number of benzene rings is 3. The second-order valence-corrected chi connectivity index (χ2v) is 7.06. The fraction of sp³-hybridized carbons (Fsp3) is 0.0455. The van der Waals surface area contributed by atoms with Crippen molar-refractivity contribution in [2.45, 2.75) is 0 Å². The third kappa shape index (κ3) is 2.20. The van der Waals surface area contributed by atoms with E-state index in [2.05, 4.69) is 60.7 Å². The van der Waals surface area contributed by atoms with Gasteiger partial charge in [0.25, 0.3) is 0 Å². The Balaban J connectivity index is 1.98. The number of aromatic nitrogens is 1. The molecular formula is C22H15NOS. The molecule has 1 aliphatic heterocycles. The minimum absolute atomic E-state index is 0.870. The zero-order valence-electron chi connectivity index (χ0n) is 13.7. The zero-order chi connectivity index (χ0) is 16.8. The Morgan fingerprint density at radius 1 is 0.840 bits per heavy atom. The normalized spacial score (nSPS) is 11.4. The Morgan fingerprint density at radius 3 is 2.48 bits per heavy atom. The van der Waals surface area contributed by atoms with Crippen LogP contribution in [0, 0.1) is 0 Å². The summed E-state index contributed by atoms with van der Waals surface area (Å²) in [6.45, 7) is 0. The summed E-state index contributed by atoms with van der Waals surface area (Å²) in [5.41, 5.74) is 4.57. The molecule has 0 atom stereocenters. The van der Waals surface area contributed by atoms with Crippen molar-refractivity contribution in [2.75, 3.05) is 7.11 Å². The molecule has 0 aromatic heterocycles. The molecule has 0 fully saturated rings. The second-order valence-electron chi connectivity index (χ2n) is 6.01. The van der Waals surface area contributed by atoms with E-state index in [0.29, 0.717) is 0 Å². The van der Waals surface area contributed by atoms with Gasteiger partial charge in [-0.3, -0.25) is 0 Å². The van der Waals surface area contributed by atoms with Crippen molar-refractivity contribution >= 4 is 32.3 Å². The zero-order valence-corrected chi connectivity index (χ0v) is 14.5. The minimum Gasteiger partial charge on any atom is -0.497 e. The van der Waals surface area contributed by atoms with Gasteiger partial charge in [0.1, 0.15) is 5.75 Å². The number of fused-ring (bicyclic) bond motifs is 4. The lowest BCUT2D eigenvalue weighted by Gasteiger charge is -2.06. The summed E-state index contributed by atoms with van der Waals surface area (Å²) >= 11 is 1.81. The summed E-state index contributed by atoms with van der Waals surface area (Å²) < 4.78 is 6.67. The lowest BCUT2D eigenvalue weighted by molar-refractivity contribution is 0.415. The van der Waals surface area contributed by atoms with Crippen molar-refractivity contribution in [2.24, 2.45) is 0 Å². The van der Waals surface area contributed by atoms with Crippen molar-refractivity contribution < 1.29 is 4.74 Å². The lowest BCUT2D eigenvalue weighted by atomic mass is 10.0. The SMILES string of the molecule is COc1ccc2c3nc4ccccc4sc-3c(-c3ccccc3)c2c1. The molecule has 0 bridgehead atoms. The highest BCUT2D eigenvalue weighted by Crippen LogP contribution is 2.48. The van der Waals surface area contributed by atoms with Crippen LogP contribution in [0.4, 0.5) is 0 Å². The average Bonchev–Trinajstić information content (AvgIpc) is 2.99. The van der Waals surface area contributed by atoms with E-state index >= 15 is 0 Å². The molecule has 1 heterocycles. The van der Waals surface area contributed by atoms with E-state index < -0.39 is 0 Å². The summed E-state index contributed by atoms with van der Waals surface area (Å²) in [6, 6.07) is 25.1. The molecule has 0 amide bonds. The highest BCUT2D eigenvalue weighted by molar-refractivity contribution is 7.22. The second kappa shape index (κ2) is 5.57. The Hall–Kier alpha value is -2.91. The third-order valence-corrected chi connectivity index (χ3v) is 5.73. The monoisotopic (exact) mass is 341 g/mol. The van der Waals surface area contributed by atoms with Crippen LogP contribution < -0.4 is 4.74 Å². The fourth-order valence-electron chi connectivity index (χ4n) is 3.39. The number of hydrogen-bond donors (Lipinski definition) is 0. The Bertz CT molecular complexity index is 1180. The smallest absolute Gasteiger partial charge is 0.119 e. The molecule has 0 saturated heterocycles. The van der Waals surface area contributed by atoms with Gasteiger partial charge in [-0.2, -0.15) is 0 Å². The highest BCUT2D eigenvalue weighted by Gasteiger charge is 2.22. The third-order valence-electron chi connectivity index (χ3n) is 4.57. The van der Waals surface area contributed by atoms with Crippen LogP contribution in [0.2, 0.25) is 0 Å². The van der Waals surface area contributed by atoms with Gasteiger partial charge >= 0.3 is 0 Å². The molecule has 2 aliphatic rings. The minimum atomic E-state index is 0.870. The van der Waals surface area contributed by atoms with Crippen LogP contribution in [-0.4, -0.2) is 12.1 Å². The number of rotatable bonds is 2. The van der Waals surface area contributed by atoms with E-state index in [1.54, 1.807) is 7.11 Å². The first-order valence-corrected chi connectivity index (χ1v) is 9.01. The predicted molar refractivity (Wildman–Crippen MR) is 106 cm³/mol. The molecule has 0 radical (unpaired) electrons. The van der Waals surface area contributed by atoms with Crippen LogP contribution in [-0.2, 0) is 0 Å². The van der Waals surface area contributed by atoms with Gasteiger partial charge in [-0.05, 0) is 41.3 Å². The van der Waals surface area contributed by atoms with E-state index in [1.807, 2.05) is 23.5 Å². The number of para-hydroxylation sites is 1. The summed E-state index contributed by atoms with van der Waals surface area (Å²) in [7, 11) is 1.71. The number of nitrogens with zero attached hydrogens (tertiary/aromatic N) is 1. The average molecular weight is 341 g/mol. The van der Waals surface area contributed by atoms with Crippen LogP contribution in [0.3, 0.4) is 0 Å². The van der Waals surface area contributed by atoms with Gasteiger partial charge in [0, 0.05) is 10.9 Å². The highest BCUT2D eigenvalue weighted by atomic mass is 32.1. The molecule has 25 heavy (non-hydrogen) atoms. The van der Waals surface area contributed by atoms with Crippen LogP contribution in [0.15, 0.2) is 72.8 Å². The first-order valence-electron chi connectivity index (χ1n) is 8.19. The maximum atomic E-state index is 5.47. The lowest BCUT2D eigenvalue weighted by Crippen LogP contribution is -1.83. The van der Waals surface area contributed by atoms with Crippen LogP contribution in [0.1, 0.15) is 0 Å². The summed E-state index contributed by atoms with van der Waals surface area (Å²) in [5, 5.41) is 2.37. The molecule has 0 N–H and O–H groups in total. The van der Waals surface area contributed by atoms with Crippen molar-refractivity contribution in [3.05, 3.63) is 72.8 Å². The molecule has 0 spiro atoms. The van der Waals surface area contributed by atoms with Crippen LogP contribution in [0.25, 0.3) is 42.7 Å². The standard InChI is InChI=1S/C22H15NOS/c1-24-15-11-12-16-17(13-15)20(14-7-3-2-4-8-14)22-21(16)23-18-9-5-6-10-19(18)25-22/h2-13H,1H3. The topological polar surface area (TPSA) is 22.1 Å². The molecule has 3 heteroatoms. The molecule has 3 aromatic carbocycles. The quantitative estimate of drug-likeness (QED) is 0.380. The van der Waals surface area contributed by atoms with Gasteiger partial charge in [0.05, 0.1) is 27.9 Å². The maximum Gasteiger partial charge on any atom is 0.119 e. The molecule has 5 rings (SSSR count). The molecule has 0 saturated carbocycles. The molecule has 3 aromatic rings. The van der Waals surface area contributed by atoms with Gasteiger partial charge < -0.3 is 4.74 Å². The van der Waals surface area contributed by atoms with Gasteiger partial charge in [0.15, 0.2) is 0 Å². The van der Waals surface area contributed by atoms with Gasteiger partial charge in [0.2, 0.25) is 0 Å². The predicted octanol–water partition coefficient (Wildman–Crippen LogP) is 6.23. The van der Waals surface area contributed by atoms with E-state index in [0.717, 1.165) is 17.0 Å². The van der Waals surface area contributed by atoms with E-state index in [-0.39, 0.29) is 0 Å². The van der Waals surface area contributed by atoms with Crippen LogP contribution >= 0.6 is 11.3 Å². The van der Waals surface area contributed by atoms with Gasteiger partial charge in [-0.15, -0.1) is 11.3 Å². The molecule has 1 aliphatic carbocycles. The first-order chi connectivity index (χ1) is 12.3. The number of ether oxygens (including phenoxy) is 1.